The Kier molecular flexibility index (Phi) is 3.16. The second-order valence-corrected chi connectivity index (χ2v) is 5.99. The maximum Gasteiger partial charge on any atom is 0.179 e. The first-order valence-corrected chi connectivity index (χ1v) is 7.92. The molecule has 0 bridgehead atoms. The summed E-state index contributed by atoms with van der Waals surface area (Å²) in [5.74, 6) is 2.92. The highest BCUT2D eigenvalue weighted by atomic mass is 32.1. The van der Waals surface area contributed by atoms with Gasteiger partial charge >= 0.3 is 0 Å². The van der Waals surface area contributed by atoms with Crippen molar-refractivity contribution in [1.82, 2.24) is 19.6 Å². The van der Waals surface area contributed by atoms with Crippen molar-refractivity contribution in [1.29, 1.82) is 0 Å². The Balaban J connectivity index is 2.09. The van der Waals surface area contributed by atoms with E-state index in [-0.39, 0.29) is 0 Å². The molecule has 3 heterocycles. The third-order valence-electron chi connectivity index (χ3n) is 3.75. The van der Waals surface area contributed by atoms with E-state index in [1.54, 1.807) is 25.6 Å². The zero-order valence-electron chi connectivity index (χ0n) is 12.9. The molecule has 3 aromatic heterocycles. The number of methoxy groups -OCH3 is 2. The van der Waals surface area contributed by atoms with Crippen LogP contribution in [0.25, 0.3) is 27.3 Å². The Morgan fingerprint density at radius 2 is 1.87 bits per heavy atom. The molecule has 0 radical (unpaired) electrons. The summed E-state index contributed by atoms with van der Waals surface area (Å²) in [6.45, 7) is 1.95. The van der Waals surface area contributed by atoms with Gasteiger partial charge in [0.15, 0.2) is 23.0 Å². The highest BCUT2D eigenvalue weighted by molar-refractivity contribution is 7.13. The van der Waals surface area contributed by atoms with Crippen LogP contribution in [-0.4, -0.2) is 33.8 Å². The van der Waals surface area contributed by atoms with Gasteiger partial charge in [0.25, 0.3) is 0 Å². The first-order chi connectivity index (χ1) is 11.2. The van der Waals surface area contributed by atoms with Crippen molar-refractivity contribution in [3.8, 4) is 22.2 Å². The number of fused-ring (bicyclic) bond motifs is 3. The zero-order chi connectivity index (χ0) is 16.0. The Hall–Kier alpha value is -2.67. The number of thiophene rings is 1. The first kappa shape index (κ1) is 14.0. The molecular weight excluding hydrogens is 312 g/mol. The largest absolute Gasteiger partial charge is 0.493 e. The highest BCUT2D eigenvalue weighted by Crippen LogP contribution is 2.34. The van der Waals surface area contributed by atoms with E-state index in [0.717, 1.165) is 33.1 Å². The molecule has 4 aromatic rings. The van der Waals surface area contributed by atoms with Gasteiger partial charge in [0, 0.05) is 11.5 Å². The smallest absolute Gasteiger partial charge is 0.179 e. The van der Waals surface area contributed by atoms with Crippen molar-refractivity contribution < 1.29 is 9.47 Å². The van der Waals surface area contributed by atoms with Crippen LogP contribution >= 0.6 is 11.3 Å². The maximum atomic E-state index is 5.39. The molecule has 4 rings (SSSR count). The van der Waals surface area contributed by atoms with Gasteiger partial charge in [-0.3, -0.25) is 4.40 Å². The van der Waals surface area contributed by atoms with E-state index >= 15 is 0 Å². The average Bonchev–Trinajstić information content (AvgIpc) is 3.23. The fourth-order valence-corrected chi connectivity index (χ4v) is 3.39. The predicted molar refractivity (Wildman–Crippen MR) is 89.4 cm³/mol. The molecule has 0 aliphatic rings. The predicted octanol–water partition coefficient (Wildman–Crippen LogP) is 3.33. The summed E-state index contributed by atoms with van der Waals surface area (Å²) >= 11 is 1.63. The standard InChI is InChI=1S/C16H14N4O2S/c1-9-17-11-8-13(22-3)12(21-2)7-10(11)15-18-19-16(20(9)15)14-5-4-6-23-14/h4-8H,1-3H3. The van der Waals surface area contributed by atoms with Crippen LogP contribution in [0.15, 0.2) is 29.6 Å². The van der Waals surface area contributed by atoms with E-state index < -0.39 is 0 Å². The molecule has 116 valence electrons. The molecule has 0 spiro atoms. The number of aromatic nitrogens is 4. The van der Waals surface area contributed by atoms with Gasteiger partial charge in [0.2, 0.25) is 0 Å². The summed E-state index contributed by atoms with van der Waals surface area (Å²) in [5.41, 5.74) is 1.56. The lowest BCUT2D eigenvalue weighted by molar-refractivity contribution is 0.356. The van der Waals surface area contributed by atoms with Crippen LogP contribution in [0.1, 0.15) is 5.82 Å². The van der Waals surface area contributed by atoms with Gasteiger partial charge in [-0.05, 0) is 24.4 Å². The molecule has 0 unspecified atom stereocenters. The van der Waals surface area contributed by atoms with Crippen molar-refractivity contribution in [2.24, 2.45) is 0 Å². The number of benzene rings is 1. The molecule has 0 amide bonds. The van der Waals surface area contributed by atoms with Crippen LogP contribution in [0.2, 0.25) is 0 Å². The van der Waals surface area contributed by atoms with Crippen LogP contribution in [0.5, 0.6) is 11.5 Å². The molecule has 0 N–H and O–H groups in total. The molecule has 0 saturated carbocycles. The van der Waals surface area contributed by atoms with E-state index in [0.29, 0.717) is 11.5 Å². The minimum Gasteiger partial charge on any atom is -0.493 e. The van der Waals surface area contributed by atoms with Crippen molar-refractivity contribution >= 4 is 27.9 Å². The van der Waals surface area contributed by atoms with Gasteiger partial charge in [0.1, 0.15) is 5.82 Å². The molecule has 0 saturated heterocycles. The third-order valence-corrected chi connectivity index (χ3v) is 4.62. The lowest BCUT2D eigenvalue weighted by atomic mass is 10.2. The summed E-state index contributed by atoms with van der Waals surface area (Å²) < 4.78 is 12.7. The Bertz CT molecular complexity index is 1010. The molecule has 0 fully saturated rings. The normalized spacial score (nSPS) is 11.3. The van der Waals surface area contributed by atoms with Gasteiger partial charge in [-0.1, -0.05) is 6.07 Å². The maximum absolute atomic E-state index is 5.39. The lowest BCUT2D eigenvalue weighted by Crippen LogP contribution is -2.00. The topological polar surface area (TPSA) is 61.5 Å². The van der Waals surface area contributed by atoms with Crippen LogP contribution in [0, 0.1) is 6.92 Å². The fourth-order valence-electron chi connectivity index (χ4n) is 2.69. The summed E-state index contributed by atoms with van der Waals surface area (Å²) in [6.07, 6.45) is 0. The van der Waals surface area contributed by atoms with E-state index in [9.17, 15) is 0 Å². The minimum atomic E-state index is 0.647. The van der Waals surface area contributed by atoms with Crippen LogP contribution < -0.4 is 9.47 Å². The Morgan fingerprint density at radius 1 is 1.09 bits per heavy atom. The quantitative estimate of drug-likeness (QED) is 0.578. The van der Waals surface area contributed by atoms with E-state index in [2.05, 4.69) is 15.2 Å². The van der Waals surface area contributed by atoms with Crippen LogP contribution in [0.4, 0.5) is 0 Å². The molecule has 6 nitrogen and oxygen atoms in total. The average molecular weight is 326 g/mol. The van der Waals surface area contributed by atoms with E-state index in [1.165, 1.54) is 0 Å². The molecule has 1 aromatic carbocycles. The second kappa shape index (κ2) is 5.20. The van der Waals surface area contributed by atoms with Crippen LogP contribution in [0.3, 0.4) is 0 Å². The van der Waals surface area contributed by atoms with Crippen molar-refractivity contribution in [2.75, 3.05) is 14.2 Å². The van der Waals surface area contributed by atoms with Gasteiger partial charge < -0.3 is 9.47 Å². The molecular formula is C16H14N4O2S. The molecule has 0 atom stereocenters. The Labute approximate surface area is 136 Å². The van der Waals surface area contributed by atoms with Crippen LogP contribution in [-0.2, 0) is 0 Å². The SMILES string of the molecule is COc1cc2nc(C)n3c(-c4cccs4)nnc3c2cc1OC. The summed E-state index contributed by atoms with van der Waals surface area (Å²) in [4.78, 5) is 5.74. The number of hydrogen-bond donors (Lipinski definition) is 0. The zero-order valence-corrected chi connectivity index (χ0v) is 13.7. The highest BCUT2D eigenvalue weighted by Gasteiger charge is 2.17. The number of aryl methyl sites for hydroxylation is 1. The summed E-state index contributed by atoms with van der Waals surface area (Å²) in [6, 6.07) is 7.78. The molecule has 23 heavy (non-hydrogen) atoms. The number of rotatable bonds is 3. The van der Waals surface area contributed by atoms with Gasteiger partial charge in [-0.2, -0.15) is 0 Å². The number of nitrogens with zero attached hydrogens (tertiary/aromatic N) is 4. The molecule has 0 aliphatic heterocycles. The number of ether oxygens (including phenoxy) is 2. The van der Waals surface area contributed by atoms with Gasteiger partial charge in [-0.15, -0.1) is 21.5 Å². The lowest BCUT2D eigenvalue weighted by Gasteiger charge is -2.10. The van der Waals surface area contributed by atoms with Gasteiger partial charge in [0.05, 0.1) is 24.6 Å². The summed E-state index contributed by atoms with van der Waals surface area (Å²) in [7, 11) is 3.23. The third kappa shape index (κ3) is 2.04. The Morgan fingerprint density at radius 3 is 2.57 bits per heavy atom. The molecule has 7 heteroatoms. The first-order valence-electron chi connectivity index (χ1n) is 7.04. The monoisotopic (exact) mass is 326 g/mol. The minimum absolute atomic E-state index is 0.647. The second-order valence-electron chi connectivity index (χ2n) is 5.04. The van der Waals surface area contributed by atoms with E-state index in [4.69, 9.17) is 9.47 Å². The summed E-state index contributed by atoms with van der Waals surface area (Å²) in [5, 5.41) is 11.6. The van der Waals surface area contributed by atoms with Crippen molar-refractivity contribution in [2.45, 2.75) is 6.92 Å². The number of hydrogen-bond acceptors (Lipinski definition) is 6. The van der Waals surface area contributed by atoms with Crippen molar-refractivity contribution in [3.63, 3.8) is 0 Å². The van der Waals surface area contributed by atoms with Gasteiger partial charge in [-0.25, -0.2) is 4.98 Å². The van der Waals surface area contributed by atoms with Crippen molar-refractivity contribution in [3.05, 3.63) is 35.5 Å². The fraction of sp³-hybridized carbons (Fsp3) is 0.188. The van der Waals surface area contributed by atoms with E-state index in [1.807, 2.05) is 41.0 Å². The molecule has 0 aliphatic carbocycles.